The van der Waals surface area contributed by atoms with E-state index in [1.807, 2.05) is 6.08 Å². The van der Waals surface area contributed by atoms with Crippen LogP contribution in [0.1, 0.15) is 6.42 Å². The summed E-state index contributed by atoms with van der Waals surface area (Å²) in [6.07, 6.45) is 4.14. The van der Waals surface area contributed by atoms with E-state index in [1.165, 1.54) is 7.11 Å². The average molecular weight is 128 g/mol. The molecule has 0 fully saturated rings. The number of hydroxylamine groups is 1. The molecule has 0 unspecified atom stereocenters. The summed E-state index contributed by atoms with van der Waals surface area (Å²) in [5.41, 5.74) is 2.56. The van der Waals surface area contributed by atoms with Crippen molar-refractivity contribution >= 4 is 5.84 Å². The van der Waals surface area contributed by atoms with Gasteiger partial charge in [-0.2, -0.15) is 0 Å². The van der Waals surface area contributed by atoms with E-state index in [4.69, 9.17) is 4.84 Å². The van der Waals surface area contributed by atoms with Crippen LogP contribution >= 0.6 is 0 Å². The summed E-state index contributed by atoms with van der Waals surface area (Å²) >= 11 is 0. The van der Waals surface area contributed by atoms with E-state index in [2.05, 4.69) is 15.5 Å². The van der Waals surface area contributed by atoms with Gasteiger partial charge in [-0.15, -0.1) is 0 Å². The lowest BCUT2D eigenvalue weighted by atomic mass is 10.4. The molecule has 0 amide bonds. The maximum atomic E-state index is 4.69. The van der Waals surface area contributed by atoms with Gasteiger partial charge in [0.05, 0.1) is 0 Å². The van der Waals surface area contributed by atoms with E-state index in [1.54, 1.807) is 6.26 Å². The van der Waals surface area contributed by atoms with Crippen LogP contribution in [0.25, 0.3) is 0 Å². The van der Waals surface area contributed by atoms with Crippen molar-refractivity contribution in [2.75, 3.05) is 7.11 Å². The lowest BCUT2D eigenvalue weighted by Gasteiger charge is -2.08. The standard InChI is InChI=1S/C5H8N2O2/c1-8-6-5-3-2-4-9-7-5/h2,4H,3H2,1H3,(H,6,7). The fourth-order valence-corrected chi connectivity index (χ4v) is 0.518. The third kappa shape index (κ3) is 1.64. The Hall–Kier alpha value is -1.19. The quantitative estimate of drug-likeness (QED) is 0.519. The van der Waals surface area contributed by atoms with Crippen LogP contribution in [0, 0.1) is 0 Å². The number of nitrogens with zero attached hydrogens (tertiary/aromatic N) is 1. The molecule has 0 spiro atoms. The molecule has 9 heavy (non-hydrogen) atoms. The average Bonchev–Trinajstić information content (AvgIpc) is 1.91. The number of hydrogen-bond donors (Lipinski definition) is 1. The summed E-state index contributed by atoms with van der Waals surface area (Å²) in [6.45, 7) is 0. The zero-order valence-electron chi connectivity index (χ0n) is 5.13. The zero-order valence-corrected chi connectivity index (χ0v) is 5.13. The van der Waals surface area contributed by atoms with E-state index in [-0.39, 0.29) is 0 Å². The van der Waals surface area contributed by atoms with Gasteiger partial charge in [0.25, 0.3) is 0 Å². The summed E-state index contributed by atoms with van der Waals surface area (Å²) in [5, 5.41) is 3.61. The second-order valence-electron chi connectivity index (χ2n) is 1.52. The van der Waals surface area contributed by atoms with Crippen molar-refractivity contribution in [3.05, 3.63) is 12.3 Å². The van der Waals surface area contributed by atoms with Crippen LogP contribution in [-0.4, -0.2) is 12.9 Å². The second-order valence-corrected chi connectivity index (χ2v) is 1.52. The van der Waals surface area contributed by atoms with Crippen LogP contribution in [-0.2, 0) is 9.68 Å². The van der Waals surface area contributed by atoms with Crippen LogP contribution in [0.4, 0.5) is 0 Å². The smallest absolute Gasteiger partial charge is 0.179 e. The summed E-state index contributed by atoms with van der Waals surface area (Å²) < 4.78 is 0. The van der Waals surface area contributed by atoms with Crippen LogP contribution < -0.4 is 5.48 Å². The van der Waals surface area contributed by atoms with E-state index in [0.29, 0.717) is 5.84 Å². The van der Waals surface area contributed by atoms with Crippen molar-refractivity contribution in [3.8, 4) is 0 Å². The molecule has 0 aliphatic carbocycles. The summed E-state index contributed by atoms with van der Waals surface area (Å²) in [4.78, 5) is 9.19. The molecule has 1 rings (SSSR count). The Labute approximate surface area is 53.1 Å². The Morgan fingerprint density at radius 1 is 1.89 bits per heavy atom. The number of nitrogens with one attached hydrogen (secondary N) is 1. The molecule has 1 aliphatic heterocycles. The van der Waals surface area contributed by atoms with Crippen molar-refractivity contribution < 1.29 is 9.68 Å². The number of rotatable bonds is 1. The maximum absolute atomic E-state index is 4.69. The predicted octanol–water partition coefficient (Wildman–Crippen LogP) is 0.385. The topological polar surface area (TPSA) is 42.9 Å². The van der Waals surface area contributed by atoms with E-state index < -0.39 is 0 Å². The highest BCUT2D eigenvalue weighted by molar-refractivity contribution is 5.82. The largest absolute Gasteiger partial charge is 0.398 e. The molecule has 0 aromatic carbocycles. The van der Waals surface area contributed by atoms with Crippen LogP contribution in [0.2, 0.25) is 0 Å². The molecule has 1 heterocycles. The van der Waals surface area contributed by atoms with Gasteiger partial charge in [-0.25, -0.2) is 5.48 Å². The van der Waals surface area contributed by atoms with E-state index >= 15 is 0 Å². The highest BCUT2D eigenvalue weighted by Gasteiger charge is 1.99. The Kier molecular flexibility index (Phi) is 1.95. The maximum Gasteiger partial charge on any atom is 0.179 e. The lowest BCUT2D eigenvalue weighted by Crippen LogP contribution is -2.23. The van der Waals surface area contributed by atoms with Gasteiger partial charge in [0.1, 0.15) is 13.4 Å². The second kappa shape index (κ2) is 2.96. The van der Waals surface area contributed by atoms with Gasteiger partial charge >= 0.3 is 0 Å². The predicted molar refractivity (Wildman–Crippen MR) is 32.4 cm³/mol. The van der Waals surface area contributed by atoms with Gasteiger partial charge in [0.15, 0.2) is 5.84 Å². The monoisotopic (exact) mass is 128 g/mol. The molecular formula is C5H8N2O2. The van der Waals surface area contributed by atoms with Gasteiger partial charge in [-0.05, 0) is 6.08 Å². The molecule has 1 aliphatic rings. The van der Waals surface area contributed by atoms with Crippen LogP contribution in [0.5, 0.6) is 0 Å². The van der Waals surface area contributed by atoms with Crippen molar-refractivity contribution in [2.24, 2.45) is 5.16 Å². The Bertz CT molecular complexity index is 142. The van der Waals surface area contributed by atoms with Gasteiger partial charge in [0, 0.05) is 6.42 Å². The first kappa shape index (κ1) is 5.94. The van der Waals surface area contributed by atoms with Crippen LogP contribution in [0.15, 0.2) is 17.5 Å². The Balaban J connectivity index is 2.43. The molecular weight excluding hydrogens is 120 g/mol. The molecule has 0 bridgehead atoms. The van der Waals surface area contributed by atoms with Crippen molar-refractivity contribution in [3.63, 3.8) is 0 Å². The number of oxime groups is 1. The number of amidine groups is 1. The molecule has 0 aromatic rings. The summed E-state index contributed by atoms with van der Waals surface area (Å²) in [7, 11) is 1.49. The SMILES string of the molecule is CON=C1CC=CON1. The van der Waals surface area contributed by atoms with Crippen LogP contribution in [0.3, 0.4) is 0 Å². The summed E-state index contributed by atoms with van der Waals surface area (Å²) in [6, 6.07) is 0. The first-order chi connectivity index (χ1) is 4.43. The minimum atomic E-state index is 0.681. The molecule has 50 valence electrons. The van der Waals surface area contributed by atoms with Gasteiger partial charge < -0.3 is 9.68 Å². The van der Waals surface area contributed by atoms with Gasteiger partial charge in [-0.1, -0.05) is 5.16 Å². The lowest BCUT2D eigenvalue weighted by molar-refractivity contribution is 0.164. The molecule has 4 heteroatoms. The fourth-order valence-electron chi connectivity index (χ4n) is 0.518. The Morgan fingerprint density at radius 3 is 3.33 bits per heavy atom. The molecule has 0 saturated carbocycles. The third-order valence-corrected chi connectivity index (χ3v) is 0.854. The fraction of sp³-hybridized carbons (Fsp3) is 0.400. The van der Waals surface area contributed by atoms with E-state index in [9.17, 15) is 0 Å². The zero-order chi connectivity index (χ0) is 6.53. The highest BCUT2D eigenvalue weighted by atomic mass is 16.7. The molecule has 0 saturated heterocycles. The molecule has 0 radical (unpaired) electrons. The number of hydrogen-bond acceptors (Lipinski definition) is 3. The van der Waals surface area contributed by atoms with E-state index in [0.717, 1.165) is 6.42 Å². The normalized spacial score (nSPS) is 20.8. The highest BCUT2D eigenvalue weighted by Crippen LogP contribution is 1.93. The summed E-state index contributed by atoms with van der Waals surface area (Å²) in [5.74, 6) is 0.681. The van der Waals surface area contributed by atoms with Crippen molar-refractivity contribution in [1.82, 2.24) is 5.48 Å². The third-order valence-electron chi connectivity index (χ3n) is 0.854. The van der Waals surface area contributed by atoms with Gasteiger partial charge in [-0.3, -0.25) is 0 Å². The molecule has 4 nitrogen and oxygen atoms in total. The minimum absolute atomic E-state index is 0.681. The van der Waals surface area contributed by atoms with Crippen molar-refractivity contribution in [1.29, 1.82) is 0 Å². The first-order valence-electron chi connectivity index (χ1n) is 2.60. The first-order valence-corrected chi connectivity index (χ1v) is 2.60. The Morgan fingerprint density at radius 2 is 2.78 bits per heavy atom. The molecule has 0 aromatic heterocycles. The molecule has 1 N–H and O–H groups in total. The van der Waals surface area contributed by atoms with Gasteiger partial charge in [0.2, 0.25) is 0 Å². The minimum Gasteiger partial charge on any atom is -0.398 e. The molecule has 0 atom stereocenters. The van der Waals surface area contributed by atoms with Crippen molar-refractivity contribution in [2.45, 2.75) is 6.42 Å².